The lowest BCUT2D eigenvalue weighted by Crippen LogP contribution is -2.35. The fraction of sp³-hybridized carbons (Fsp3) is 0.273. The van der Waals surface area contributed by atoms with Gasteiger partial charge in [-0.1, -0.05) is 79.8 Å². The summed E-state index contributed by atoms with van der Waals surface area (Å²) in [4.78, 5) is 27.5. The molecular formula is C33H38N2O4. The molecule has 0 aliphatic carbocycles. The molecule has 2 aromatic rings. The van der Waals surface area contributed by atoms with Crippen LogP contribution in [0.15, 0.2) is 97.3 Å². The Morgan fingerprint density at radius 1 is 1.10 bits per heavy atom. The highest BCUT2D eigenvalue weighted by Gasteiger charge is 2.24. The van der Waals surface area contributed by atoms with Crippen molar-refractivity contribution in [3.63, 3.8) is 0 Å². The van der Waals surface area contributed by atoms with Gasteiger partial charge in [0.2, 0.25) is 0 Å². The summed E-state index contributed by atoms with van der Waals surface area (Å²) in [5.41, 5.74) is 5.16. The zero-order valence-electron chi connectivity index (χ0n) is 23.1. The predicted octanol–water partition coefficient (Wildman–Crippen LogP) is 7.14. The van der Waals surface area contributed by atoms with Crippen LogP contribution in [0, 0.1) is 6.92 Å². The zero-order valence-corrected chi connectivity index (χ0v) is 23.1. The van der Waals surface area contributed by atoms with Crippen molar-refractivity contribution in [2.45, 2.75) is 40.2 Å². The number of hydrogen-bond acceptors (Lipinski definition) is 4. The maximum Gasteiger partial charge on any atom is 0.410 e. The largest absolute Gasteiger partial charge is 0.464 e. The second-order valence-corrected chi connectivity index (χ2v) is 9.30. The first-order valence-corrected chi connectivity index (χ1v) is 13.3. The van der Waals surface area contributed by atoms with E-state index in [-0.39, 0.29) is 18.6 Å². The molecule has 0 saturated carbocycles. The Labute approximate surface area is 232 Å². The smallest absolute Gasteiger partial charge is 0.410 e. The summed E-state index contributed by atoms with van der Waals surface area (Å²) in [5.74, 6) is 0.271. The van der Waals surface area contributed by atoms with Crippen LogP contribution in [0.4, 0.5) is 4.79 Å². The molecule has 0 spiro atoms. The number of rotatable bonds is 11. The third-order valence-electron chi connectivity index (χ3n) is 6.29. The van der Waals surface area contributed by atoms with Crippen molar-refractivity contribution >= 4 is 17.6 Å². The second-order valence-electron chi connectivity index (χ2n) is 9.30. The number of amides is 2. The predicted molar refractivity (Wildman–Crippen MR) is 157 cm³/mol. The van der Waals surface area contributed by atoms with E-state index in [1.165, 1.54) is 0 Å². The number of carbonyl (C=O) groups excluding carboxylic acids is 2. The van der Waals surface area contributed by atoms with Crippen LogP contribution in [0.2, 0.25) is 0 Å². The van der Waals surface area contributed by atoms with Crippen LogP contribution in [0.5, 0.6) is 5.75 Å². The lowest BCUT2D eigenvalue weighted by molar-refractivity contribution is 0.0953. The molecule has 6 heteroatoms. The molecule has 0 saturated heterocycles. The number of aryl methyl sites for hydroxylation is 1. The van der Waals surface area contributed by atoms with Gasteiger partial charge >= 0.3 is 6.09 Å². The highest BCUT2D eigenvalue weighted by Crippen LogP contribution is 2.35. The Balaban J connectivity index is 1.82. The maximum absolute atomic E-state index is 13.2. The van der Waals surface area contributed by atoms with Crippen LogP contribution in [-0.4, -0.2) is 36.5 Å². The van der Waals surface area contributed by atoms with Crippen molar-refractivity contribution in [2.24, 2.45) is 0 Å². The molecule has 1 heterocycles. The fourth-order valence-corrected chi connectivity index (χ4v) is 4.02. The van der Waals surface area contributed by atoms with Crippen LogP contribution in [0.1, 0.15) is 53.7 Å². The van der Waals surface area contributed by atoms with Gasteiger partial charge in [0.15, 0.2) is 0 Å². The van der Waals surface area contributed by atoms with Crippen molar-refractivity contribution in [2.75, 3.05) is 19.6 Å². The van der Waals surface area contributed by atoms with Gasteiger partial charge in [-0.25, -0.2) is 4.79 Å². The third-order valence-corrected chi connectivity index (χ3v) is 6.29. The van der Waals surface area contributed by atoms with Crippen LogP contribution >= 0.6 is 0 Å². The van der Waals surface area contributed by atoms with Gasteiger partial charge in [-0.05, 0) is 61.6 Å². The summed E-state index contributed by atoms with van der Waals surface area (Å²) in [6, 6.07) is 13.5. The summed E-state index contributed by atoms with van der Waals surface area (Å²) in [5, 5.41) is 2.96. The molecule has 0 bridgehead atoms. The minimum absolute atomic E-state index is 0.218. The van der Waals surface area contributed by atoms with Gasteiger partial charge in [0.05, 0.1) is 11.8 Å². The van der Waals surface area contributed by atoms with Crippen molar-refractivity contribution in [1.29, 1.82) is 0 Å². The second kappa shape index (κ2) is 15.2. The molecule has 0 atom stereocenters. The summed E-state index contributed by atoms with van der Waals surface area (Å²) in [6.07, 6.45) is 14.0. The first-order valence-electron chi connectivity index (χ1n) is 13.3. The van der Waals surface area contributed by atoms with E-state index in [0.717, 1.165) is 34.3 Å². The quantitative estimate of drug-likeness (QED) is 0.192. The molecule has 3 rings (SSSR count). The normalized spacial score (nSPS) is 13.6. The topological polar surface area (TPSA) is 67.9 Å². The Hall–Kier alpha value is -4.32. The van der Waals surface area contributed by atoms with E-state index in [1.807, 2.05) is 93.6 Å². The van der Waals surface area contributed by atoms with Gasteiger partial charge in [-0.15, -0.1) is 0 Å². The summed E-state index contributed by atoms with van der Waals surface area (Å²) in [7, 11) is 0. The Morgan fingerprint density at radius 3 is 2.56 bits per heavy atom. The average molecular weight is 527 g/mol. The van der Waals surface area contributed by atoms with E-state index in [2.05, 4.69) is 11.9 Å². The molecule has 0 radical (unpaired) electrons. The molecule has 204 valence electrons. The number of allylic oxidation sites excluding steroid dienone is 5. The van der Waals surface area contributed by atoms with Gasteiger partial charge in [-0.3, -0.25) is 4.79 Å². The Morgan fingerprint density at radius 2 is 1.87 bits per heavy atom. The van der Waals surface area contributed by atoms with Crippen LogP contribution in [0.25, 0.3) is 5.57 Å². The highest BCUT2D eigenvalue weighted by molar-refractivity contribution is 5.99. The van der Waals surface area contributed by atoms with Crippen LogP contribution in [-0.2, 0) is 11.3 Å². The van der Waals surface area contributed by atoms with Crippen molar-refractivity contribution in [1.82, 2.24) is 10.2 Å². The summed E-state index contributed by atoms with van der Waals surface area (Å²) in [6.45, 7) is 11.5. The number of nitrogens with one attached hydrogen (secondary N) is 1. The van der Waals surface area contributed by atoms with Gasteiger partial charge in [0, 0.05) is 25.2 Å². The van der Waals surface area contributed by atoms with E-state index >= 15 is 0 Å². The number of ether oxygens (including phenoxy) is 2. The molecule has 0 fully saturated rings. The third kappa shape index (κ3) is 8.88. The van der Waals surface area contributed by atoms with E-state index in [0.29, 0.717) is 37.4 Å². The van der Waals surface area contributed by atoms with E-state index in [4.69, 9.17) is 9.47 Å². The Bertz CT molecular complexity index is 1270. The first kappa shape index (κ1) is 29.2. The van der Waals surface area contributed by atoms with Crippen LogP contribution < -0.4 is 10.1 Å². The lowest BCUT2D eigenvalue weighted by Gasteiger charge is -2.27. The Kier molecular flexibility index (Phi) is 11.4. The van der Waals surface area contributed by atoms with Gasteiger partial charge in [0.1, 0.15) is 12.4 Å². The zero-order chi connectivity index (χ0) is 28.0. The molecule has 2 amide bonds. The molecule has 2 aromatic carbocycles. The molecule has 1 N–H and O–H groups in total. The highest BCUT2D eigenvalue weighted by atomic mass is 16.6. The van der Waals surface area contributed by atoms with Crippen molar-refractivity contribution in [3.8, 4) is 5.75 Å². The number of benzene rings is 2. The molecular weight excluding hydrogens is 488 g/mol. The summed E-state index contributed by atoms with van der Waals surface area (Å²) >= 11 is 0. The number of carbonyl (C=O) groups is 2. The molecule has 0 aromatic heterocycles. The van der Waals surface area contributed by atoms with Crippen LogP contribution in [0.3, 0.4) is 0 Å². The molecule has 1 aliphatic rings. The lowest BCUT2D eigenvalue weighted by atomic mass is 9.94. The fourth-order valence-electron chi connectivity index (χ4n) is 4.02. The van der Waals surface area contributed by atoms with Gasteiger partial charge < -0.3 is 19.7 Å². The molecule has 39 heavy (non-hydrogen) atoms. The van der Waals surface area contributed by atoms with E-state index in [1.54, 1.807) is 17.2 Å². The first-order chi connectivity index (χ1) is 18.9. The van der Waals surface area contributed by atoms with Crippen molar-refractivity contribution < 1.29 is 19.1 Å². The average Bonchev–Trinajstić information content (AvgIpc) is 2.97. The SMILES string of the molecule is C=C(CC)CNC(=O)c1cc(C)cc(C2=CCN(C(=O)OCc3ccccc3)CC2)c1O/C=C/C=C\C=C/C. The van der Waals surface area contributed by atoms with Crippen molar-refractivity contribution in [3.05, 3.63) is 120 Å². The maximum atomic E-state index is 13.2. The van der Waals surface area contributed by atoms with Gasteiger partial charge in [-0.2, -0.15) is 0 Å². The standard InChI is InChI=1S/C33H38N2O4/c1-5-7-8-9-13-20-38-31-29(21-26(4)22-30(31)32(36)34-23-25(3)6-2)28-16-18-35(19-17-28)33(37)39-24-27-14-11-10-12-15-27/h5,7-16,20-22H,3,6,17-19,23-24H2,1-2,4H3,(H,34,36)/b7-5-,9-8-,20-13+. The summed E-state index contributed by atoms with van der Waals surface area (Å²) < 4.78 is 11.6. The molecule has 0 unspecified atom stereocenters. The number of nitrogens with zero attached hydrogens (tertiary/aromatic N) is 1. The van der Waals surface area contributed by atoms with Gasteiger partial charge in [0.25, 0.3) is 5.91 Å². The van der Waals surface area contributed by atoms with E-state index in [9.17, 15) is 9.59 Å². The minimum Gasteiger partial charge on any atom is -0.464 e. The monoisotopic (exact) mass is 526 g/mol. The molecule has 1 aliphatic heterocycles. The minimum atomic E-state index is -0.345. The van der Waals surface area contributed by atoms with E-state index < -0.39 is 0 Å². The number of hydrogen-bond donors (Lipinski definition) is 1. The molecule has 6 nitrogen and oxygen atoms in total.